The number of hydrogen-bond acceptors (Lipinski definition) is 6. The zero-order valence-electron chi connectivity index (χ0n) is 15.1. The predicted molar refractivity (Wildman–Crippen MR) is 119 cm³/mol. The number of rotatable bonds is 3. The topological polar surface area (TPSA) is 46.4 Å². The summed E-state index contributed by atoms with van der Waals surface area (Å²) >= 11 is 2.27. The van der Waals surface area contributed by atoms with Crippen LogP contribution >= 0.6 is 30.3 Å². The van der Waals surface area contributed by atoms with Gasteiger partial charge in [-0.15, -0.1) is 10.2 Å². The largest absolute Gasteiger partial charge is 0.378 e. The minimum Gasteiger partial charge on any atom is -0.378 e. The molecule has 0 aliphatic carbocycles. The van der Waals surface area contributed by atoms with Crippen molar-refractivity contribution in [3.8, 4) is 0 Å². The molecule has 1 saturated heterocycles. The molecule has 6 nitrogen and oxygen atoms in total. The van der Waals surface area contributed by atoms with Gasteiger partial charge in [-0.25, -0.2) is 4.39 Å². The highest BCUT2D eigenvalue weighted by Crippen LogP contribution is 2.37. The second kappa shape index (κ2) is 7.68. The van der Waals surface area contributed by atoms with E-state index >= 15 is 0 Å². The molecule has 9 heteroatoms. The van der Waals surface area contributed by atoms with Crippen LogP contribution in [0.15, 0.2) is 30.3 Å². The highest BCUT2D eigenvalue weighted by atomic mass is 127. The lowest BCUT2D eigenvalue weighted by atomic mass is 10.0. The van der Waals surface area contributed by atoms with Crippen LogP contribution < -0.4 is 9.80 Å². The molecule has 2 aliphatic heterocycles. The molecule has 0 radical (unpaired) electrons. The smallest absolute Gasteiger partial charge is 0.151 e. The van der Waals surface area contributed by atoms with Crippen molar-refractivity contribution in [2.24, 2.45) is 0 Å². The van der Waals surface area contributed by atoms with E-state index in [0.717, 1.165) is 68.4 Å². The number of anilines is 2. The Kier molecular flexibility index (Phi) is 5.06. The maximum Gasteiger partial charge on any atom is 0.151 e. The van der Waals surface area contributed by atoms with E-state index in [1.165, 1.54) is 11.3 Å². The van der Waals surface area contributed by atoms with Crippen molar-refractivity contribution < 1.29 is 9.13 Å². The fourth-order valence-electron chi connectivity index (χ4n) is 4.01. The Morgan fingerprint density at radius 3 is 2.46 bits per heavy atom. The molecule has 4 heterocycles. The van der Waals surface area contributed by atoms with Crippen molar-refractivity contribution in [1.82, 2.24) is 14.2 Å². The highest BCUT2D eigenvalue weighted by molar-refractivity contribution is 14.2. The number of nitrogens with zero attached hydrogens (tertiary/aromatic N) is 5. The first-order chi connectivity index (χ1) is 13.7. The van der Waals surface area contributed by atoms with Crippen molar-refractivity contribution in [3.63, 3.8) is 0 Å². The van der Waals surface area contributed by atoms with Gasteiger partial charge in [-0.2, -0.15) is 0 Å². The van der Waals surface area contributed by atoms with Gasteiger partial charge in [0.2, 0.25) is 0 Å². The summed E-state index contributed by atoms with van der Waals surface area (Å²) in [6.07, 6.45) is 0.897. The normalized spacial score (nSPS) is 17.2. The summed E-state index contributed by atoms with van der Waals surface area (Å²) in [5.74, 6) is 1.58. The van der Waals surface area contributed by atoms with Gasteiger partial charge in [0, 0.05) is 79.6 Å². The third kappa shape index (κ3) is 3.22. The van der Waals surface area contributed by atoms with Crippen LogP contribution in [0.25, 0.3) is 10.9 Å². The van der Waals surface area contributed by atoms with Gasteiger partial charge >= 0.3 is 0 Å². The van der Waals surface area contributed by atoms with E-state index in [1.54, 1.807) is 21.3 Å². The van der Waals surface area contributed by atoms with E-state index in [0.29, 0.717) is 0 Å². The number of hydrogen-bond donors (Lipinski definition) is 0. The van der Waals surface area contributed by atoms with E-state index in [4.69, 9.17) is 4.74 Å². The van der Waals surface area contributed by atoms with Gasteiger partial charge in [0.15, 0.2) is 11.6 Å². The molecule has 0 saturated carbocycles. The molecule has 1 fully saturated rings. The molecular weight excluding hydrogens is 492 g/mol. The lowest BCUT2D eigenvalue weighted by Crippen LogP contribution is -2.37. The second-order valence-electron chi connectivity index (χ2n) is 6.97. The summed E-state index contributed by atoms with van der Waals surface area (Å²) < 4.78 is 21.3. The minimum absolute atomic E-state index is 0.199. The molecule has 0 N–H and O–H groups in total. The molecule has 2 aliphatic rings. The summed E-state index contributed by atoms with van der Waals surface area (Å²) in [6.45, 7) is 4.80. The molecule has 0 amide bonds. The summed E-state index contributed by atoms with van der Waals surface area (Å²) in [5.41, 5.74) is 3.47. The third-order valence-corrected chi connectivity index (χ3v) is 7.17. The molecule has 0 spiro atoms. The zero-order chi connectivity index (χ0) is 19.1. The number of benzene rings is 1. The maximum absolute atomic E-state index is 13.8. The number of aromatic nitrogens is 3. The fraction of sp³-hybridized carbons (Fsp3) is 0.368. The first-order valence-electron chi connectivity index (χ1n) is 9.27. The van der Waals surface area contributed by atoms with Gasteiger partial charge in [-0.1, -0.05) is 0 Å². The van der Waals surface area contributed by atoms with E-state index in [-0.39, 0.29) is 5.82 Å². The zero-order valence-corrected chi connectivity index (χ0v) is 18.1. The van der Waals surface area contributed by atoms with Gasteiger partial charge in [0.25, 0.3) is 0 Å². The van der Waals surface area contributed by atoms with Crippen LogP contribution in [0.5, 0.6) is 0 Å². The molecule has 0 bridgehead atoms. The molecule has 146 valence electrons. The summed E-state index contributed by atoms with van der Waals surface area (Å²) in [4.78, 5) is 4.46. The standard InChI is InChI=1S/C19H19FIN5OS/c20-13-1-2-14-15-12-25(6-5-16(15)26(28-21)17(14)11-13)19-4-3-18(22-23-19)24-7-9-27-10-8-24/h1-4,11H,5-10,12H2. The van der Waals surface area contributed by atoms with Crippen molar-refractivity contribution in [2.45, 2.75) is 13.0 Å². The molecule has 28 heavy (non-hydrogen) atoms. The molecule has 0 atom stereocenters. The maximum atomic E-state index is 13.8. The molecule has 3 aromatic rings. The SMILES string of the molecule is Fc1ccc2c3c(n(SI)c2c1)CCN(c1ccc(N2CCOCC2)nn1)C3. The average Bonchev–Trinajstić information content (AvgIpc) is 3.06. The van der Waals surface area contributed by atoms with Crippen LogP contribution in [0.1, 0.15) is 11.3 Å². The van der Waals surface area contributed by atoms with Crippen LogP contribution in [-0.4, -0.2) is 47.0 Å². The number of morpholine rings is 1. The Bertz CT molecular complexity index is 1010. The second-order valence-corrected chi connectivity index (χ2v) is 8.66. The molecule has 0 unspecified atom stereocenters. The summed E-state index contributed by atoms with van der Waals surface area (Å²) in [6, 6.07) is 9.15. The number of halogens is 2. The monoisotopic (exact) mass is 511 g/mol. The minimum atomic E-state index is -0.199. The molecule has 5 rings (SSSR count). The third-order valence-electron chi connectivity index (χ3n) is 5.43. The quantitative estimate of drug-likeness (QED) is 0.499. The number of ether oxygens (including phenoxy) is 1. The first-order valence-corrected chi connectivity index (χ1v) is 12.6. The van der Waals surface area contributed by atoms with E-state index in [1.807, 2.05) is 12.1 Å². The van der Waals surface area contributed by atoms with E-state index in [2.05, 4.69) is 51.2 Å². The van der Waals surface area contributed by atoms with Crippen molar-refractivity contribution >= 4 is 52.9 Å². The van der Waals surface area contributed by atoms with Crippen LogP contribution in [-0.2, 0) is 17.7 Å². The molecule has 1 aromatic carbocycles. The Balaban J connectivity index is 1.43. The first kappa shape index (κ1) is 18.4. The van der Waals surface area contributed by atoms with Crippen LogP contribution in [0.4, 0.5) is 16.0 Å². The lowest BCUT2D eigenvalue weighted by molar-refractivity contribution is 0.122. The summed E-state index contributed by atoms with van der Waals surface area (Å²) in [5, 5.41) is 10.1. The van der Waals surface area contributed by atoms with Crippen LogP contribution in [0.3, 0.4) is 0 Å². The Morgan fingerprint density at radius 2 is 1.75 bits per heavy atom. The lowest BCUT2D eigenvalue weighted by Gasteiger charge is -2.30. The Morgan fingerprint density at radius 1 is 1.00 bits per heavy atom. The molecular formula is C19H19FIN5OS. The van der Waals surface area contributed by atoms with Crippen molar-refractivity contribution in [3.05, 3.63) is 47.4 Å². The van der Waals surface area contributed by atoms with Crippen LogP contribution in [0, 0.1) is 5.82 Å². The van der Waals surface area contributed by atoms with Gasteiger partial charge in [-0.05, 0) is 30.3 Å². The summed E-state index contributed by atoms with van der Waals surface area (Å²) in [7, 11) is 1.60. The molecule has 2 aromatic heterocycles. The van der Waals surface area contributed by atoms with Gasteiger partial charge in [0.1, 0.15) is 5.82 Å². The average molecular weight is 511 g/mol. The predicted octanol–water partition coefficient (Wildman–Crippen LogP) is 3.82. The van der Waals surface area contributed by atoms with Crippen LogP contribution in [0.2, 0.25) is 0 Å². The highest BCUT2D eigenvalue weighted by Gasteiger charge is 2.25. The van der Waals surface area contributed by atoms with E-state index in [9.17, 15) is 4.39 Å². The van der Waals surface area contributed by atoms with Crippen molar-refractivity contribution in [2.75, 3.05) is 42.6 Å². The van der Waals surface area contributed by atoms with E-state index < -0.39 is 0 Å². The Labute approximate surface area is 178 Å². The fourth-order valence-corrected chi connectivity index (χ4v) is 5.87. The van der Waals surface area contributed by atoms with Gasteiger partial charge < -0.3 is 14.5 Å². The van der Waals surface area contributed by atoms with Gasteiger partial charge in [-0.3, -0.25) is 3.97 Å². The number of fused-ring (bicyclic) bond motifs is 3. The Hall–Kier alpha value is -1.59. The van der Waals surface area contributed by atoms with Crippen molar-refractivity contribution in [1.29, 1.82) is 0 Å². The van der Waals surface area contributed by atoms with Gasteiger partial charge in [0.05, 0.1) is 18.7 Å².